The summed E-state index contributed by atoms with van der Waals surface area (Å²) in [5.41, 5.74) is 2.23. The third kappa shape index (κ3) is 3.55. The number of nitrogens with zero attached hydrogens (tertiary/aromatic N) is 1. The lowest BCUT2D eigenvalue weighted by Gasteiger charge is -2.30. The Labute approximate surface area is 170 Å². The lowest BCUT2D eigenvalue weighted by Crippen LogP contribution is -2.43. The largest absolute Gasteiger partial charge is 0.368 e. The van der Waals surface area contributed by atoms with Crippen LogP contribution >= 0.6 is 11.6 Å². The highest BCUT2D eigenvalue weighted by molar-refractivity contribution is 7.92. The van der Waals surface area contributed by atoms with Crippen LogP contribution in [0.4, 0.5) is 11.4 Å². The van der Waals surface area contributed by atoms with Crippen LogP contribution in [0.15, 0.2) is 59.5 Å². The first-order chi connectivity index (χ1) is 13.5. The zero-order valence-corrected chi connectivity index (χ0v) is 17.1. The molecule has 1 saturated heterocycles. The van der Waals surface area contributed by atoms with E-state index in [0.717, 1.165) is 42.6 Å². The summed E-state index contributed by atoms with van der Waals surface area (Å²) in [6, 6.07) is 16.6. The highest BCUT2D eigenvalue weighted by Gasteiger charge is 2.21. The molecular formula is C21H22ClN3O2S. The van der Waals surface area contributed by atoms with Crippen LogP contribution in [0.2, 0.25) is 5.02 Å². The predicted molar refractivity (Wildman–Crippen MR) is 116 cm³/mol. The molecule has 5 nitrogen and oxygen atoms in total. The number of piperazine rings is 1. The molecule has 1 heterocycles. The lowest BCUT2D eigenvalue weighted by molar-refractivity contribution is 0.590. The minimum absolute atomic E-state index is 0.190. The summed E-state index contributed by atoms with van der Waals surface area (Å²) in [6.07, 6.45) is 0. The van der Waals surface area contributed by atoms with Crippen molar-refractivity contribution in [3.8, 4) is 0 Å². The van der Waals surface area contributed by atoms with Crippen molar-refractivity contribution in [1.29, 1.82) is 0 Å². The molecule has 146 valence electrons. The average Bonchev–Trinajstić information content (AvgIpc) is 2.70. The Morgan fingerprint density at radius 3 is 2.43 bits per heavy atom. The first-order valence-corrected chi connectivity index (χ1v) is 11.1. The molecular weight excluding hydrogens is 394 g/mol. The number of hydrogen-bond donors (Lipinski definition) is 2. The van der Waals surface area contributed by atoms with Gasteiger partial charge in [-0.1, -0.05) is 41.9 Å². The van der Waals surface area contributed by atoms with Gasteiger partial charge in [-0.2, -0.15) is 0 Å². The van der Waals surface area contributed by atoms with E-state index in [1.54, 1.807) is 25.1 Å². The van der Waals surface area contributed by atoms with Gasteiger partial charge >= 0.3 is 0 Å². The molecule has 3 aromatic rings. The molecule has 0 atom stereocenters. The van der Waals surface area contributed by atoms with E-state index in [1.807, 2.05) is 36.4 Å². The van der Waals surface area contributed by atoms with Crippen molar-refractivity contribution in [2.45, 2.75) is 11.8 Å². The molecule has 0 bridgehead atoms. The number of hydrogen-bond acceptors (Lipinski definition) is 4. The first kappa shape index (κ1) is 19.1. The van der Waals surface area contributed by atoms with E-state index in [4.69, 9.17) is 11.6 Å². The zero-order chi connectivity index (χ0) is 19.7. The number of anilines is 2. The summed E-state index contributed by atoms with van der Waals surface area (Å²) in [5.74, 6) is 0. The molecule has 1 aliphatic rings. The van der Waals surface area contributed by atoms with Crippen molar-refractivity contribution >= 4 is 43.8 Å². The van der Waals surface area contributed by atoms with E-state index in [9.17, 15) is 8.42 Å². The maximum Gasteiger partial charge on any atom is 0.262 e. The molecule has 0 aliphatic carbocycles. The van der Waals surface area contributed by atoms with Crippen LogP contribution in [-0.2, 0) is 10.0 Å². The molecule has 7 heteroatoms. The fourth-order valence-corrected chi connectivity index (χ4v) is 5.21. The topological polar surface area (TPSA) is 61.4 Å². The van der Waals surface area contributed by atoms with Gasteiger partial charge in [-0.3, -0.25) is 4.72 Å². The van der Waals surface area contributed by atoms with Gasteiger partial charge in [0, 0.05) is 47.7 Å². The molecule has 0 radical (unpaired) electrons. The molecule has 0 spiro atoms. The van der Waals surface area contributed by atoms with E-state index < -0.39 is 10.0 Å². The second-order valence-electron chi connectivity index (χ2n) is 6.88. The van der Waals surface area contributed by atoms with Gasteiger partial charge in [0.15, 0.2) is 0 Å². The number of fused-ring (bicyclic) bond motifs is 1. The van der Waals surface area contributed by atoms with Crippen LogP contribution in [0, 0.1) is 6.92 Å². The van der Waals surface area contributed by atoms with Crippen LogP contribution in [0.3, 0.4) is 0 Å². The summed E-state index contributed by atoms with van der Waals surface area (Å²) >= 11 is 6.12. The van der Waals surface area contributed by atoms with Gasteiger partial charge in [-0.05, 0) is 36.8 Å². The van der Waals surface area contributed by atoms with Crippen molar-refractivity contribution in [1.82, 2.24) is 5.32 Å². The molecule has 1 aliphatic heterocycles. The highest BCUT2D eigenvalue weighted by atomic mass is 35.5. The van der Waals surface area contributed by atoms with Gasteiger partial charge in [-0.25, -0.2) is 8.42 Å². The van der Waals surface area contributed by atoms with E-state index in [-0.39, 0.29) is 4.90 Å². The molecule has 3 aromatic carbocycles. The van der Waals surface area contributed by atoms with Crippen LogP contribution in [0.1, 0.15) is 5.56 Å². The van der Waals surface area contributed by atoms with Gasteiger partial charge in [0.05, 0.1) is 10.6 Å². The van der Waals surface area contributed by atoms with E-state index >= 15 is 0 Å². The summed E-state index contributed by atoms with van der Waals surface area (Å²) in [6.45, 7) is 5.45. The molecule has 4 rings (SSSR count). The summed E-state index contributed by atoms with van der Waals surface area (Å²) < 4.78 is 28.8. The van der Waals surface area contributed by atoms with Crippen LogP contribution in [0.25, 0.3) is 10.8 Å². The molecule has 28 heavy (non-hydrogen) atoms. The number of benzene rings is 3. The lowest BCUT2D eigenvalue weighted by atomic mass is 10.1. The first-order valence-electron chi connectivity index (χ1n) is 9.23. The van der Waals surface area contributed by atoms with Crippen molar-refractivity contribution in [3.63, 3.8) is 0 Å². The minimum atomic E-state index is -3.75. The monoisotopic (exact) mass is 415 g/mol. The average molecular weight is 416 g/mol. The fourth-order valence-electron chi connectivity index (χ4n) is 3.63. The van der Waals surface area contributed by atoms with E-state index in [2.05, 4.69) is 14.9 Å². The van der Waals surface area contributed by atoms with E-state index in [1.165, 1.54) is 0 Å². The number of sulfonamides is 1. The molecule has 1 fully saturated rings. The Bertz CT molecular complexity index is 1130. The Morgan fingerprint density at radius 1 is 0.964 bits per heavy atom. The maximum atomic E-state index is 13.0. The number of nitrogens with one attached hydrogen (secondary N) is 2. The molecule has 0 amide bonds. The normalized spacial score (nSPS) is 15.0. The van der Waals surface area contributed by atoms with Crippen LogP contribution in [-0.4, -0.2) is 34.6 Å². The predicted octanol–water partition coefficient (Wildman–Crippen LogP) is 4.01. The minimum Gasteiger partial charge on any atom is -0.368 e. The van der Waals surface area contributed by atoms with Crippen molar-refractivity contribution in [3.05, 3.63) is 65.2 Å². The Morgan fingerprint density at radius 2 is 1.68 bits per heavy atom. The molecule has 0 saturated carbocycles. The quantitative estimate of drug-likeness (QED) is 0.675. The summed E-state index contributed by atoms with van der Waals surface area (Å²) in [7, 11) is -3.75. The van der Waals surface area contributed by atoms with Crippen LogP contribution < -0.4 is 14.9 Å². The number of halogens is 1. The highest BCUT2D eigenvalue weighted by Crippen LogP contribution is 2.34. The zero-order valence-electron chi connectivity index (χ0n) is 15.6. The van der Waals surface area contributed by atoms with Gasteiger partial charge in [0.2, 0.25) is 0 Å². The second kappa shape index (κ2) is 7.62. The standard InChI is InChI=1S/C21H22ClN3O2S/c1-15-18(22)7-4-8-21(15)28(26,27)24-19-9-10-20(25-13-11-23-12-14-25)17-6-3-2-5-16(17)19/h2-10,23-24H,11-14H2,1H3. The van der Waals surface area contributed by atoms with Crippen molar-refractivity contribution in [2.24, 2.45) is 0 Å². The third-order valence-corrected chi connectivity index (χ3v) is 7.03. The number of rotatable bonds is 4. The Kier molecular flexibility index (Phi) is 5.19. The third-order valence-electron chi connectivity index (χ3n) is 5.11. The molecule has 2 N–H and O–H groups in total. The molecule has 0 unspecified atom stereocenters. The van der Waals surface area contributed by atoms with Gasteiger partial charge in [-0.15, -0.1) is 0 Å². The maximum absolute atomic E-state index is 13.0. The van der Waals surface area contributed by atoms with Gasteiger partial charge < -0.3 is 10.2 Å². The van der Waals surface area contributed by atoms with Gasteiger partial charge in [0.1, 0.15) is 0 Å². The summed E-state index contributed by atoms with van der Waals surface area (Å²) in [5, 5.41) is 5.70. The van der Waals surface area contributed by atoms with Crippen LogP contribution in [0.5, 0.6) is 0 Å². The second-order valence-corrected chi connectivity index (χ2v) is 8.94. The van der Waals surface area contributed by atoms with Gasteiger partial charge in [0.25, 0.3) is 10.0 Å². The Hall–Kier alpha value is -2.28. The SMILES string of the molecule is Cc1c(Cl)cccc1S(=O)(=O)Nc1ccc(N2CCNCC2)c2ccccc12. The van der Waals surface area contributed by atoms with E-state index in [0.29, 0.717) is 16.3 Å². The van der Waals surface area contributed by atoms with Crippen molar-refractivity contribution < 1.29 is 8.42 Å². The van der Waals surface area contributed by atoms with Crippen molar-refractivity contribution in [2.75, 3.05) is 35.8 Å². The summed E-state index contributed by atoms with van der Waals surface area (Å²) in [4.78, 5) is 2.52. The smallest absolute Gasteiger partial charge is 0.262 e. The fraction of sp³-hybridized carbons (Fsp3) is 0.238. The molecule has 0 aromatic heterocycles. The Balaban J connectivity index is 1.76.